The van der Waals surface area contributed by atoms with E-state index < -0.39 is 0 Å². The molecule has 1 aliphatic carbocycles. The molecule has 0 radical (unpaired) electrons. The largest absolute Gasteiger partial charge is 0.493 e. The third-order valence-electron chi connectivity index (χ3n) is 5.07. The molecule has 144 valence electrons. The second-order valence-corrected chi connectivity index (χ2v) is 7.80. The lowest BCUT2D eigenvalue weighted by Gasteiger charge is -2.28. The Morgan fingerprint density at radius 1 is 1.11 bits per heavy atom. The lowest BCUT2D eigenvalue weighted by atomic mass is 9.84. The summed E-state index contributed by atoms with van der Waals surface area (Å²) < 4.78 is 5.47. The van der Waals surface area contributed by atoms with E-state index in [9.17, 15) is 9.59 Å². The molecule has 0 saturated heterocycles. The number of hydrogen-bond acceptors (Lipinski definition) is 4. The Labute approximate surface area is 164 Å². The Hall–Kier alpha value is -2.34. The van der Waals surface area contributed by atoms with Crippen molar-refractivity contribution >= 4 is 23.2 Å². The molecule has 0 spiro atoms. The van der Waals surface area contributed by atoms with Crippen molar-refractivity contribution < 1.29 is 14.3 Å². The fraction of sp³-hybridized carbons (Fsp3) is 0.429. The van der Waals surface area contributed by atoms with Crippen molar-refractivity contribution in [3.8, 4) is 5.75 Å². The SMILES string of the molecule is CCOc1ccccc1C(=O)NCC(=O)NCC1(c2cccs2)CCCC1. The molecule has 0 aliphatic heterocycles. The van der Waals surface area contributed by atoms with E-state index in [1.165, 1.54) is 17.7 Å². The van der Waals surface area contributed by atoms with E-state index in [2.05, 4.69) is 28.1 Å². The number of nitrogens with one attached hydrogen (secondary N) is 2. The summed E-state index contributed by atoms with van der Waals surface area (Å²) in [5.41, 5.74) is 0.494. The summed E-state index contributed by atoms with van der Waals surface area (Å²) in [5.74, 6) is 0.0589. The van der Waals surface area contributed by atoms with Crippen LogP contribution in [0.4, 0.5) is 0 Å². The molecule has 2 aromatic rings. The molecule has 27 heavy (non-hydrogen) atoms. The number of benzene rings is 1. The fourth-order valence-electron chi connectivity index (χ4n) is 3.66. The standard InChI is InChI=1S/C21H26N2O3S/c1-2-26-17-9-4-3-8-16(17)20(25)22-14-19(24)23-15-21(11-5-6-12-21)18-10-7-13-27-18/h3-4,7-10,13H,2,5-6,11-12,14-15H2,1H3,(H,22,25)(H,23,24). The second-order valence-electron chi connectivity index (χ2n) is 6.85. The van der Waals surface area contributed by atoms with Crippen LogP contribution < -0.4 is 15.4 Å². The van der Waals surface area contributed by atoms with Gasteiger partial charge in [0.1, 0.15) is 5.75 Å². The van der Waals surface area contributed by atoms with Crippen molar-refractivity contribution in [1.82, 2.24) is 10.6 Å². The molecule has 2 N–H and O–H groups in total. The van der Waals surface area contributed by atoms with E-state index in [0.29, 0.717) is 24.5 Å². The Morgan fingerprint density at radius 2 is 1.89 bits per heavy atom. The maximum Gasteiger partial charge on any atom is 0.255 e. The monoisotopic (exact) mass is 386 g/mol. The van der Waals surface area contributed by atoms with Crippen LogP contribution in [0, 0.1) is 0 Å². The topological polar surface area (TPSA) is 67.4 Å². The Balaban J connectivity index is 1.53. The minimum absolute atomic E-state index is 0.0419. The van der Waals surface area contributed by atoms with Crippen LogP contribution in [0.3, 0.4) is 0 Å². The first-order valence-corrected chi connectivity index (χ1v) is 10.3. The quantitative estimate of drug-likeness (QED) is 0.730. The molecular weight excluding hydrogens is 360 g/mol. The summed E-state index contributed by atoms with van der Waals surface area (Å²) >= 11 is 1.76. The van der Waals surface area contributed by atoms with Gasteiger partial charge in [0.05, 0.1) is 18.7 Å². The predicted octanol–water partition coefficient (Wildman–Crippen LogP) is 3.50. The van der Waals surface area contributed by atoms with Gasteiger partial charge >= 0.3 is 0 Å². The first kappa shape index (κ1) is 19.4. The van der Waals surface area contributed by atoms with Crippen molar-refractivity contribution in [2.75, 3.05) is 19.7 Å². The molecule has 0 unspecified atom stereocenters. The van der Waals surface area contributed by atoms with Crippen LogP contribution in [-0.2, 0) is 10.2 Å². The van der Waals surface area contributed by atoms with Crippen molar-refractivity contribution in [3.63, 3.8) is 0 Å². The number of carbonyl (C=O) groups is 2. The Bertz CT molecular complexity index is 767. The summed E-state index contributed by atoms with van der Waals surface area (Å²) in [5, 5.41) is 7.80. The van der Waals surface area contributed by atoms with Gasteiger partial charge in [-0.25, -0.2) is 0 Å². The molecule has 3 rings (SSSR count). The molecule has 1 heterocycles. The first-order chi connectivity index (χ1) is 13.1. The molecule has 1 saturated carbocycles. The lowest BCUT2D eigenvalue weighted by molar-refractivity contribution is -0.120. The highest BCUT2D eigenvalue weighted by molar-refractivity contribution is 7.10. The molecule has 2 amide bonds. The summed E-state index contributed by atoms with van der Waals surface area (Å²) in [4.78, 5) is 26.0. The predicted molar refractivity (Wildman–Crippen MR) is 107 cm³/mol. The highest BCUT2D eigenvalue weighted by Crippen LogP contribution is 2.42. The average Bonchev–Trinajstić information content (AvgIpc) is 3.37. The smallest absolute Gasteiger partial charge is 0.255 e. The molecular formula is C21H26N2O3S. The second kappa shape index (κ2) is 9.04. The van der Waals surface area contributed by atoms with E-state index in [1.54, 1.807) is 29.5 Å². The van der Waals surface area contributed by atoms with E-state index in [-0.39, 0.29) is 23.8 Å². The highest BCUT2D eigenvalue weighted by atomic mass is 32.1. The number of thiophene rings is 1. The average molecular weight is 387 g/mol. The molecule has 6 heteroatoms. The van der Waals surface area contributed by atoms with E-state index in [1.807, 2.05) is 13.0 Å². The molecule has 0 atom stereocenters. The van der Waals surface area contributed by atoms with Gasteiger partial charge in [-0.05, 0) is 43.3 Å². The number of para-hydroxylation sites is 1. The number of ether oxygens (including phenoxy) is 1. The Kier molecular flexibility index (Phi) is 6.50. The maximum atomic E-state index is 12.4. The molecule has 1 fully saturated rings. The van der Waals surface area contributed by atoms with Crippen LogP contribution in [0.5, 0.6) is 5.75 Å². The van der Waals surface area contributed by atoms with Crippen LogP contribution in [0.25, 0.3) is 0 Å². The maximum absolute atomic E-state index is 12.4. The zero-order valence-electron chi connectivity index (χ0n) is 15.6. The van der Waals surface area contributed by atoms with Gasteiger partial charge in [0.2, 0.25) is 5.91 Å². The fourth-order valence-corrected chi connectivity index (χ4v) is 4.65. The van der Waals surface area contributed by atoms with Gasteiger partial charge in [-0.2, -0.15) is 0 Å². The molecule has 1 aliphatic rings. The normalized spacial score (nSPS) is 15.3. The summed E-state index contributed by atoms with van der Waals surface area (Å²) in [6.07, 6.45) is 4.58. The molecule has 0 bridgehead atoms. The van der Waals surface area contributed by atoms with Crippen LogP contribution >= 0.6 is 11.3 Å². The van der Waals surface area contributed by atoms with Gasteiger partial charge in [-0.15, -0.1) is 11.3 Å². The van der Waals surface area contributed by atoms with Gasteiger partial charge < -0.3 is 15.4 Å². The molecule has 5 nitrogen and oxygen atoms in total. The number of rotatable bonds is 8. The van der Waals surface area contributed by atoms with E-state index in [4.69, 9.17) is 4.74 Å². The van der Waals surface area contributed by atoms with Crippen LogP contribution in [0.15, 0.2) is 41.8 Å². The minimum atomic E-state index is -0.303. The van der Waals surface area contributed by atoms with Gasteiger partial charge in [0.25, 0.3) is 5.91 Å². The van der Waals surface area contributed by atoms with Crippen molar-refractivity contribution in [2.45, 2.75) is 38.0 Å². The van der Waals surface area contributed by atoms with Gasteiger partial charge in [-0.1, -0.05) is 31.0 Å². The van der Waals surface area contributed by atoms with E-state index in [0.717, 1.165) is 12.8 Å². The number of carbonyl (C=O) groups excluding carboxylic acids is 2. The van der Waals surface area contributed by atoms with Crippen LogP contribution in [-0.4, -0.2) is 31.5 Å². The molecule has 1 aromatic carbocycles. The number of hydrogen-bond donors (Lipinski definition) is 2. The van der Waals surface area contributed by atoms with Gasteiger partial charge in [0.15, 0.2) is 0 Å². The zero-order valence-corrected chi connectivity index (χ0v) is 16.4. The van der Waals surface area contributed by atoms with Gasteiger partial charge in [0, 0.05) is 16.8 Å². The zero-order chi connectivity index (χ0) is 19.1. The summed E-state index contributed by atoms with van der Waals surface area (Å²) in [6.45, 7) is 2.93. The highest BCUT2D eigenvalue weighted by Gasteiger charge is 2.36. The van der Waals surface area contributed by atoms with E-state index >= 15 is 0 Å². The Morgan fingerprint density at radius 3 is 2.59 bits per heavy atom. The first-order valence-electron chi connectivity index (χ1n) is 9.45. The van der Waals surface area contributed by atoms with Crippen molar-refractivity contribution in [2.24, 2.45) is 0 Å². The molecule has 1 aromatic heterocycles. The summed E-state index contributed by atoms with van der Waals surface area (Å²) in [7, 11) is 0. The number of amides is 2. The van der Waals surface area contributed by atoms with Crippen LogP contribution in [0.2, 0.25) is 0 Å². The third-order valence-corrected chi connectivity index (χ3v) is 6.19. The summed E-state index contributed by atoms with van der Waals surface area (Å²) in [6, 6.07) is 11.3. The van der Waals surface area contributed by atoms with Crippen LogP contribution in [0.1, 0.15) is 47.8 Å². The lowest BCUT2D eigenvalue weighted by Crippen LogP contribution is -2.43. The van der Waals surface area contributed by atoms with Crippen molar-refractivity contribution in [3.05, 3.63) is 52.2 Å². The van der Waals surface area contributed by atoms with Crippen molar-refractivity contribution in [1.29, 1.82) is 0 Å². The third kappa shape index (κ3) is 4.69. The minimum Gasteiger partial charge on any atom is -0.493 e. The van der Waals surface area contributed by atoms with Gasteiger partial charge in [-0.3, -0.25) is 9.59 Å².